The molecule has 110 valence electrons. The van der Waals surface area contributed by atoms with Crippen molar-refractivity contribution >= 4 is 6.03 Å². The molecule has 0 fully saturated rings. The molecule has 5 heteroatoms. The first-order valence-electron chi connectivity index (χ1n) is 6.86. The number of para-hydroxylation sites is 1. The maximum atomic E-state index is 11.6. The molecule has 0 aliphatic carbocycles. The molecular weight excluding hydrogens is 266 g/mol. The smallest absolute Gasteiger partial charge is 0.315 e. The van der Waals surface area contributed by atoms with Gasteiger partial charge in [-0.25, -0.2) is 4.79 Å². The number of carbonyl (C=O) groups is 1. The molecule has 21 heavy (non-hydrogen) atoms. The monoisotopic (exact) mass is 285 g/mol. The first-order valence-corrected chi connectivity index (χ1v) is 6.86. The number of pyridine rings is 1. The summed E-state index contributed by atoms with van der Waals surface area (Å²) in [6.07, 6.45) is 1.70. The van der Waals surface area contributed by atoms with Crippen LogP contribution < -0.4 is 15.4 Å². The molecule has 1 aromatic heterocycles. The zero-order valence-corrected chi connectivity index (χ0v) is 12.0. The summed E-state index contributed by atoms with van der Waals surface area (Å²) in [5.41, 5.74) is 1.90. The third kappa shape index (κ3) is 5.14. The van der Waals surface area contributed by atoms with Crippen LogP contribution in [0.2, 0.25) is 0 Å². The molecule has 0 saturated heterocycles. The van der Waals surface area contributed by atoms with Crippen molar-refractivity contribution in [2.75, 3.05) is 13.2 Å². The van der Waals surface area contributed by atoms with Crippen molar-refractivity contribution in [3.63, 3.8) is 0 Å². The molecule has 2 aromatic rings. The number of benzene rings is 1. The Hall–Kier alpha value is -2.56. The van der Waals surface area contributed by atoms with Gasteiger partial charge in [-0.1, -0.05) is 24.3 Å². The Balaban J connectivity index is 1.62. The Morgan fingerprint density at radius 3 is 2.71 bits per heavy atom. The normalized spacial score (nSPS) is 9.95. The van der Waals surface area contributed by atoms with Crippen molar-refractivity contribution in [1.29, 1.82) is 0 Å². The molecule has 0 saturated carbocycles. The molecule has 2 amide bonds. The summed E-state index contributed by atoms with van der Waals surface area (Å²) in [5, 5.41) is 5.48. The fourth-order valence-corrected chi connectivity index (χ4v) is 1.78. The second-order valence-electron chi connectivity index (χ2n) is 4.54. The summed E-state index contributed by atoms with van der Waals surface area (Å²) in [6, 6.07) is 13.2. The summed E-state index contributed by atoms with van der Waals surface area (Å²) in [5.74, 6) is 0.841. The van der Waals surface area contributed by atoms with Gasteiger partial charge >= 0.3 is 6.03 Å². The average molecular weight is 285 g/mol. The van der Waals surface area contributed by atoms with E-state index in [1.807, 2.05) is 49.4 Å². The molecule has 1 heterocycles. The van der Waals surface area contributed by atoms with Crippen LogP contribution in [0.4, 0.5) is 4.79 Å². The maximum Gasteiger partial charge on any atom is 0.315 e. The molecule has 2 rings (SSSR count). The standard InChI is InChI=1S/C16H19N3O2/c1-13-6-2-3-8-15(13)21-11-10-18-16(20)19-12-14-7-4-5-9-17-14/h2-9H,10-12H2,1H3,(H2,18,19,20). The number of urea groups is 1. The molecule has 0 bridgehead atoms. The van der Waals surface area contributed by atoms with Crippen LogP contribution in [0.25, 0.3) is 0 Å². The highest BCUT2D eigenvalue weighted by molar-refractivity contribution is 5.73. The maximum absolute atomic E-state index is 11.6. The lowest BCUT2D eigenvalue weighted by molar-refractivity contribution is 0.236. The number of hydrogen-bond acceptors (Lipinski definition) is 3. The highest BCUT2D eigenvalue weighted by Crippen LogP contribution is 2.15. The van der Waals surface area contributed by atoms with Crippen LogP contribution in [0, 0.1) is 6.92 Å². The molecule has 0 unspecified atom stereocenters. The lowest BCUT2D eigenvalue weighted by Gasteiger charge is -2.10. The molecule has 0 aliphatic heterocycles. The Morgan fingerprint density at radius 1 is 1.14 bits per heavy atom. The van der Waals surface area contributed by atoms with E-state index < -0.39 is 0 Å². The number of aromatic nitrogens is 1. The predicted octanol–water partition coefficient (Wildman–Crippen LogP) is 2.27. The van der Waals surface area contributed by atoms with E-state index in [0.717, 1.165) is 17.0 Å². The van der Waals surface area contributed by atoms with Gasteiger partial charge in [0.1, 0.15) is 12.4 Å². The lowest BCUT2D eigenvalue weighted by Crippen LogP contribution is -2.37. The van der Waals surface area contributed by atoms with E-state index in [2.05, 4.69) is 15.6 Å². The molecule has 0 radical (unpaired) electrons. The van der Waals surface area contributed by atoms with Crippen LogP contribution in [-0.4, -0.2) is 24.2 Å². The summed E-state index contributed by atoms with van der Waals surface area (Å²) in [4.78, 5) is 15.7. The van der Waals surface area contributed by atoms with E-state index in [0.29, 0.717) is 19.7 Å². The molecule has 5 nitrogen and oxygen atoms in total. The SMILES string of the molecule is Cc1ccccc1OCCNC(=O)NCc1ccccn1. The first kappa shape index (κ1) is 14.8. The van der Waals surface area contributed by atoms with Crippen LogP contribution in [0.3, 0.4) is 0 Å². The van der Waals surface area contributed by atoms with Gasteiger partial charge in [0.15, 0.2) is 0 Å². The zero-order valence-electron chi connectivity index (χ0n) is 12.0. The number of carbonyl (C=O) groups excluding carboxylic acids is 1. The Labute approximate surface area is 124 Å². The molecule has 0 atom stereocenters. The second-order valence-corrected chi connectivity index (χ2v) is 4.54. The summed E-state index contributed by atoms with van der Waals surface area (Å²) < 4.78 is 5.60. The zero-order chi connectivity index (χ0) is 14.9. The highest BCUT2D eigenvalue weighted by Gasteiger charge is 2.01. The summed E-state index contributed by atoms with van der Waals surface area (Å²) in [7, 11) is 0. The fraction of sp³-hybridized carbons (Fsp3) is 0.250. The van der Waals surface area contributed by atoms with Gasteiger partial charge in [-0.2, -0.15) is 0 Å². The number of rotatable bonds is 6. The van der Waals surface area contributed by atoms with Crippen LogP contribution in [0.15, 0.2) is 48.7 Å². The quantitative estimate of drug-likeness (QED) is 0.800. The van der Waals surface area contributed by atoms with Gasteiger partial charge in [0.2, 0.25) is 0 Å². The molecule has 1 aromatic carbocycles. The van der Waals surface area contributed by atoms with Gasteiger partial charge < -0.3 is 15.4 Å². The van der Waals surface area contributed by atoms with E-state index >= 15 is 0 Å². The van der Waals surface area contributed by atoms with E-state index in [1.165, 1.54) is 0 Å². The van der Waals surface area contributed by atoms with Gasteiger partial charge in [0.25, 0.3) is 0 Å². The van der Waals surface area contributed by atoms with Crippen LogP contribution in [0.1, 0.15) is 11.3 Å². The predicted molar refractivity (Wildman–Crippen MR) is 81.1 cm³/mol. The van der Waals surface area contributed by atoms with Crippen molar-refractivity contribution in [1.82, 2.24) is 15.6 Å². The molecule has 2 N–H and O–H groups in total. The van der Waals surface area contributed by atoms with E-state index in [9.17, 15) is 4.79 Å². The minimum atomic E-state index is -0.228. The summed E-state index contributed by atoms with van der Waals surface area (Å²) >= 11 is 0. The van der Waals surface area contributed by atoms with Crippen molar-refractivity contribution in [2.24, 2.45) is 0 Å². The Bertz CT molecular complexity index is 573. The number of aryl methyl sites for hydroxylation is 1. The number of hydrogen-bond donors (Lipinski definition) is 2. The highest BCUT2D eigenvalue weighted by atomic mass is 16.5. The molecule has 0 spiro atoms. The first-order chi connectivity index (χ1) is 10.3. The van der Waals surface area contributed by atoms with Gasteiger partial charge in [-0.05, 0) is 30.7 Å². The van der Waals surface area contributed by atoms with Crippen molar-refractivity contribution < 1.29 is 9.53 Å². The minimum absolute atomic E-state index is 0.228. The van der Waals surface area contributed by atoms with Gasteiger partial charge in [0.05, 0.1) is 18.8 Å². The summed E-state index contributed by atoms with van der Waals surface area (Å²) in [6.45, 7) is 3.28. The number of amides is 2. The van der Waals surface area contributed by atoms with Gasteiger partial charge in [-0.15, -0.1) is 0 Å². The van der Waals surface area contributed by atoms with Crippen LogP contribution >= 0.6 is 0 Å². The Kier molecular flexibility index (Phi) is 5.58. The van der Waals surface area contributed by atoms with Crippen molar-refractivity contribution in [3.8, 4) is 5.75 Å². The van der Waals surface area contributed by atoms with Crippen LogP contribution in [0.5, 0.6) is 5.75 Å². The van der Waals surface area contributed by atoms with Gasteiger partial charge in [-0.3, -0.25) is 4.98 Å². The van der Waals surface area contributed by atoms with Crippen molar-refractivity contribution in [3.05, 3.63) is 59.9 Å². The number of nitrogens with one attached hydrogen (secondary N) is 2. The number of nitrogens with zero attached hydrogens (tertiary/aromatic N) is 1. The second kappa shape index (κ2) is 7.89. The van der Waals surface area contributed by atoms with E-state index in [4.69, 9.17) is 4.74 Å². The number of ether oxygens (including phenoxy) is 1. The van der Waals surface area contributed by atoms with E-state index in [1.54, 1.807) is 6.20 Å². The fourth-order valence-electron chi connectivity index (χ4n) is 1.78. The minimum Gasteiger partial charge on any atom is -0.491 e. The largest absolute Gasteiger partial charge is 0.491 e. The molecule has 0 aliphatic rings. The molecular formula is C16H19N3O2. The third-order valence-corrected chi connectivity index (χ3v) is 2.89. The van der Waals surface area contributed by atoms with E-state index in [-0.39, 0.29) is 6.03 Å². The third-order valence-electron chi connectivity index (χ3n) is 2.89. The topological polar surface area (TPSA) is 63.2 Å². The Morgan fingerprint density at radius 2 is 1.95 bits per heavy atom. The van der Waals surface area contributed by atoms with Crippen LogP contribution in [-0.2, 0) is 6.54 Å². The van der Waals surface area contributed by atoms with Gasteiger partial charge in [0, 0.05) is 6.20 Å². The average Bonchev–Trinajstić information content (AvgIpc) is 2.52. The lowest BCUT2D eigenvalue weighted by atomic mass is 10.2. The van der Waals surface area contributed by atoms with Crippen molar-refractivity contribution in [2.45, 2.75) is 13.5 Å².